The largest absolute Gasteiger partial charge is 0.480 e. The number of benzene rings is 1. The Labute approximate surface area is 152 Å². The van der Waals surface area contributed by atoms with Crippen LogP contribution < -0.4 is 16.0 Å². The quantitative estimate of drug-likeness (QED) is 0.472. The van der Waals surface area contributed by atoms with Crippen LogP contribution >= 0.6 is 0 Å². The molecule has 0 saturated heterocycles. The predicted octanol–water partition coefficient (Wildman–Crippen LogP) is 0.591. The number of carboxylic acid groups (broad SMARTS) is 2. The molecule has 0 saturated carbocycles. The van der Waals surface area contributed by atoms with E-state index >= 15 is 0 Å². The lowest BCUT2D eigenvalue weighted by Crippen LogP contribution is -2.52. The van der Waals surface area contributed by atoms with Gasteiger partial charge in [0.2, 0.25) is 5.91 Å². The summed E-state index contributed by atoms with van der Waals surface area (Å²) in [6, 6.07) is 5.54. The molecule has 1 aromatic rings. The van der Waals surface area contributed by atoms with E-state index in [4.69, 9.17) is 5.73 Å². The van der Waals surface area contributed by atoms with Gasteiger partial charge in [0.05, 0.1) is 6.04 Å². The molecule has 26 heavy (non-hydrogen) atoms. The van der Waals surface area contributed by atoms with Crippen LogP contribution in [0.2, 0.25) is 0 Å². The minimum absolute atomic E-state index is 0.363. The molecule has 142 valence electrons. The number of nitrogens with one attached hydrogen (secondary N) is 1. The number of hydrogen-bond acceptors (Lipinski definition) is 5. The molecule has 1 aliphatic heterocycles. The summed E-state index contributed by atoms with van der Waals surface area (Å²) in [6.45, 7) is 0.0232. The SMILES string of the molecule is NCCCCC(NC1CCc2ccccc2N(CC(=O)O)C1=O)C(=O)O. The Hall–Kier alpha value is -2.45. The van der Waals surface area contributed by atoms with E-state index in [0.29, 0.717) is 44.3 Å². The predicted molar refractivity (Wildman–Crippen MR) is 96.0 cm³/mol. The van der Waals surface area contributed by atoms with Gasteiger partial charge >= 0.3 is 11.9 Å². The second kappa shape index (κ2) is 9.30. The number of carboxylic acids is 2. The van der Waals surface area contributed by atoms with E-state index in [2.05, 4.69) is 5.32 Å². The van der Waals surface area contributed by atoms with E-state index in [0.717, 1.165) is 5.56 Å². The van der Waals surface area contributed by atoms with Crippen LogP contribution in [0.4, 0.5) is 5.69 Å². The maximum atomic E-state index is 12.9. The fourth-order valence-electron chi connectivity index (χ4n) is 3.18. The van der Waals surface area contributed by atoms with Gasteiger partial charge in [-0.25, -0.2) is 0 Å². The summed E-state index contributed by atoms with van der Waals surface area (Å²) < 4.78 is 0. The number of fused-ring (bicyclic) bond motifs is 1. The summed E-state index contributed by atoms with van der Waals surface area (Å²) in [6.07, 6.45) is 2.68. The highest BCUT2D eigenvalue weighted by molar-refractivity contribution is 6.02. The molecule has 1 aliphatic rings. The summed E-state index contributed by atoms with van der Waals surface area (Å²) in [5.41, 5.74) is 6.89. The Morgan fingerprint density at radius 2 is 2.00 bits per heavy atom. The molecule has 0 aliphatic carbocycles. The second-order valence-corrected chi connectivity index (χ2v) is 6.38. The van der Waals surface area contributed by atoms with Crippen molar-refractivity contribution >= 4 is 23.5 Å². The van der Waals surface area contributed by atoms with Gasteiger partial charge < -0.3 is 15.9 Å². The lowest BCUT2D eigenvalue weighted by molar-refractivity contribution is -0.140. The maximum absolute atomic E-state index is 12.9. The van der Waals surface area contributed by atoms with Gasteiger partial charge in [-0.1, -0.05) is 24.6 Å². The number of aliphatic carboxylic acids is 2. The fraction of sp³-hybridized carbons (Fsp3) is 0.500. The van der Waals surface area contributed by atoms with Gasteiger partial charge in [0.15, 0.2) is 0 Å². The average molecular weight is 363 g/mol. The molecule has 1 aromatic carbocycles. The van der Waals surface area contributed by atoms with Crippen molar-refractivity contribution in [2.45, 2.75) is 44.2 Å². The van der Waals surface area contributed by atoms with E-state index in [1.54, 1.807) is 12.1 Å². The molecule has 1 amide bonds. The minimum Gasteiger partial charge on any atom is -0.480 e. The number of hydrogen-bond donors (Lipinski definition) is 4. The van der Waals surface area contributed by atoms with Crippen molar-refractivity contribution in [1.29, 1.82) is 0 Å². The van der Waals surface area contributed by atoms with Gasteiger partial charge in [-0.05, 0) is 43.9 Å². The number of carbonyl (C=O) groups is 3. The molecule has 2 atom stereocenters. The highest BCUT2D eigenvalue weighted by atomic mass is 16.4. The number of anilines is 1. The maximum Gasteiger partial charge on any atom is 0.323 e. The van der Waals surface area contributed by atoms with Crippen LogP contribution in [0.1, 0.15) is 31.2 Å². The summed E-state index contributed by atoms with van der Waals surface area (Å²) in [7, 11) is 0. The van der Waals surface area contributed by atoms with Crippen LogP contribution in [-0.4, -0.2) is 53.2 Å². The van der Waals surface area contributed by atoms with Crippen molar-refractivity contribution in [3.8, 4) is 0 Å². The zero-order valence-corrected chi connectivity index (χ0v) is 14.6. The van der Waals surface area contributed by atoms with Gasteiger partial charge in [0.25, 0.3) is 0 Å². The van der Waals surface area contributed by atoms with Gasteiger partial charge in [0.1, 0.15) is 12.6 Å². The highest BCUT2D eigenvalue weighted by Gasteiger charge is 2.33. The standard InChI is InChI=1S/C18H25N3O5/c19-10-4-3-6-14(18(25)26)20-13-9-8-12-5-1-2-7-15(12)21(17(13)24)11-16(22)23/h1-2,5,7,13-14,20H,3-4,6,8-11,19H2,(H,22,23)(H,25,26). The smallest absolute Gasteiger partial charge is 0.323 e. The van der Waals surface area contributed by atoms with E-state index in [-0.39, 0.29) is 0 Å². The first-order valence-electron chi connectivity index (χ1n) is 8.74. The third kappa shape index (κ3) is 5.03. The van der Waals surface area contributed by atoms with Crippen molar-refractivity contribution in [2.24, 2.45) is 5.73 Å². The van der Waals surface area contributed by atoms with E-state index in [9.17, 15) is 24.6 Å². The monoisotopic (exact) mass is 363 g/mol. The summed E-state index contributed by atoms with van der Waals surface area (Å²) in [5, 5.41) is 21.5. The fourth-order valence-corrected chi connectivity index (χ4v) is 3.18. The first-order chi connectivity index (χ1) is 12.4. The van der Waals surface area contributed by atoms with Crippen molar-refractivity contribution in [3.05, 3.63) is 29.8 Å². The van der Waals surface area contributed by atoms with Crippen LogP contribution in [0.25, 0.3) is 0 Å². The molecule has 2 unspecified atom stereocenters. The molecule has 8 heteroatoms. The van der Waals surface area contributed by atoms with Crippen LogP contribution in [-0.2, 0) is 20.8 Å². The lowest BCUT2D eigenvalue weighted by atomic mass is 10.0. The average Bonchev–Trinajstić information content (AvgIpc) is 2.72. The van der Waals surface area contributed by atoms with Crippen molar-refractivity contribution in [1.82, 2.24) is 5.32 Å². The first-order valence-corrected chi connectivity index (χ1v) is 8.74. The summed E-state index contributed by atoms with van der Waals surface area (Å²) in [5.74, 6) is -2.56. The second-order valence-electron chi connectivity index (χ2n) is 6.38. The Balaban J connectivity index is 2.20. The molecule has 0 aromatic heterocycles. The molecule has 2 rings (SSSR count). The summed E-state index contributed by atoms with van der Waals surface area (Å²) >= 11 is 0. The number of nitrogens with two attached hydrogens (primary N) is 1. The van der Waals surface area contributed by atoms with Crippen LogP contribution in [0, 0.1) is 0 Å². The number of unbranched alkanes of at least 4 members (excludes halogenated alkanes) is 1. The third-order valence-corrected chi connectivity index (χ3v) is 4.49. The van der Waals surface area contributed by atoms with Crippen LogP contribution in [0.5, 0.6) is 0 Å². The topological polar surface area (TPSA) is 133 Å². The molecule has 0 fully saturated rings. The Kier molecular flexibility index (Phi) is 7.11. The molecule has 0 radical (unpaired) electrons. The van der Waals surface area contributed by atoms with Gasteiger partial charge in [-0.15, -0.1) is 0 Å². The number of aryl methyl sites for hydroxylation is 1. The Morgan fingerprint density at radius 3 is 2.65 bits per heavy atom. The van der Waals surface area contributed by atoms with E-state index in [1.165, 1.54) is 4.90 Å². The van der Waals surface area contributed by atoms with Gasteiger partial charge in [0, 0.05) is 5.69 Å². The van der Waals surface area contributed by atoms with Crippen molar-refractivity contribution in [3.63, 3.8) is 0 Å². The number of carbonyl (C=O) groups excluding carboxylic acids is 1. The zero-order chi connectivity index (χ0) is 19.1. The van der Waals surface area contributed by atoms with Crippen molar-refractivity contribution in [2.75, 3.05) is 18.0 Å². The van der Waals surface area contributed by atoms with Crippen LogP contribution in [0.15, 0.2) is 24.3 Å². The molecule has 8 nitrogen and oxygen atoms in total. The number of para-hydroxylation sites is 1. The van der Waals surface area contributed by atoms with Crippen molar-refractivity contribution < 1.29 is 24.6 Å². The Bertz CT molecular complexity index is 664. The molecule has 5 N–H and O–H groups in total. The molecular formula is C18H25N3O5. The van der Waals surface area contributed by atoms with Crippen LogP contribution in [0.3, 0.4) is 0 Å². The molecule has 0 spiro atoms. The summed E-state index contributed by atoms with van der Waals surface area (Å²) in [4.78, 5) is 36.9. The number of rotatable bonds is 9. The first kappa shape index (κ1) is 19.9. The Morgan fingerprint density at radius 1 is 1.27 bits per heavy atom. The molecule has 1 heterocycles. The number of amides is 1. The van der Waals surface area contributed by atoms with E-state index in [1.807, 2.05) is 12.1 Å². The van der Waals surface area contributed by atoms with E-state index < -0.39 is 36.5 Å². The normalized spacial score (nSPS) is 18.1. The zero-order valence-electron chi connectivity index (χ0n) is 14.6. The highest BCUT2D eigenvalue weighted by Crippen LogP contribution is 2.27. The molecule has 0 bridgehead atoms. The number of nitrogens with zero attached hydrogens (tertiary/aromatic N) is 1. The van der Waals surface area contributed by atoms with Gasteiger partial charge in [-0.2, -0.15) is 0 Å². The van der Waals surface area contributed by atoms with Gasteiger partial charge in [-0.3, -0.25) is 24.6 Å². The minimum atomic E-state index is -1.12. The third-order valence-electron chi connectivity index (χ3n) is 4.49. The lowest BCUT2D eigenvalue weighted by Gasteiger charge is -2.26. The molecular weight excluding hydrogens is 338 g/mol.